The van der Waals surface area contributed by atoms with E-state index in [0.717, 1.165) is 12.1 Å². The van der Waals surface area contributed by atoms with Crippen molar-refractivity contribution in [3.8, 4) is 11.5 Å². The van der Waals surface area contributed by atoms with E-state index < -0.39 is 0 Å². The molecule has 0 saturated heterocycles. The molecule has 3 nitrogen and oxygen atoms in total. The number of halogens is 1. The second kappa shape index (κ2) is 5.97. The number of hydrogen-bond donors (Lipinski definition) is 1. The molecule has 1 rings (SSSR count). The predicted octanol–water partition coefficient (Wildman–Crippen LogP) is 2.86. The quantitative estimate of drug-likeness (QED) is 0.863. The third-order valence-corrected chi connectivity index (χ3v) is 2.49. The molecule has 0 aliphatic carbocycles. The monoisotopic (exact) mass is 243 g/mol. The third kappa shape index (κ3) is 3.29. The van der Waals surface area contributed by atoms with Crippen LogP contribution in [0.25, 0.3) is 0 Å². The van der Waals surface area contributed by atoms with Crippen LogP contribution in [0.15, 0.2) is 12.1 Å². The summed E-state index contributed by atoms with van der Waals surface area (Å²) in [7, 11) is 3.18. The highest BCUT2D eigenvalue weighted by Crippen LogP contribution is 2.35. The number of benzene rings is 1. The van der Waals surface area contributed by atoms with Gasteiger partial charge < -0.3 is 14.8 Å². The molecule has 1 aromatic rings. The topological polar surface area (TPSA) is 30.5 Å². The summed E-state index contributed by atoms with van der Waals surface area (Å²) in [6.45, 7) is 4.96. The van der Waals surface area contributed by atoms with Gasteiger partial charge in [-0.2, -0.15) is 0 Å². The van der Waals surface area contributed by atoms with Crippen LogP contribution in [0.3, 0.4) is 0 Å². The van der Waals surface area contributed by atoms with E-state index in [1.165, 1.54) is 0 Å². The smallest absolute Gasteiger partial charge is 0.179 e. The summed E-state index contributed by atoms with van der Waals surface area (Å²) in [4.78, 5) is 0. The van der Waals surface area contributed by atoms with Crippen molar-refractivity contribution in [1.82, 2.24) is 5.32 Å². The van der Waals surface area contributed by atoms with Gasteiger partial charge in [0.05, 0.1) is 19.2 Å². The Bertz CT molecular complexity index is 353. The van der Waals surface area contributed by atoms with Crippen molar-refractivity contribution in [2.24, 2.45) is 0 Å². The van der Waals surface area contributed by atoms with Crippen molar-refractivity contribution in [3.05, 3.63) is 22.7 Å². The third-order valence-electron chi connectivity index (χ3n) is 2.21. The minimum atomic E-state index is 0.437. The number of nitrogens with one attached hydrogen (secondary N) is 1. The first-order chi connectivity index (χ1) is 7.58. The Labute approximate surface area is 102 Å². The second-order valence-corrected chi connectivity index (χ2v) is 4.26. The molecule has 0 atom stereocenters. The van der Waals surface area contributed by atoms with Gasteiger partial charge in [-0.3, -0.25) is 0 Å². The zero-order chi connectivity index (χ0) is 12.1. The molecule has 0 aliphatic heterocycles. The highest BCUT2D eigenvalue weighted by Gasteiger charge is 2.10. The van der Waals surface area contributed by atoms with E-state index in [1.807, 2.05) is 12.1 Å². The maximum atomic E-state index is 6.10. The molecule has 0 bridgehead atoms. The summed E-state index contributed by atoms with van der Waals surface area (Å²) >= 11 is 6.10. The number of hydrogen-bond acceptors (Lipinski definition) is 3. The Morgan fingerprint density at radius 3 is 2.44 bits per heavy atom. The van der Waals surface area contributed by atoms with Crippen LogP contribution in [-0.2, 0) is 6.54 Å². The Morgan fingerprint density at radius 2 is 1.94 bits per heavy atom. The molecular weight excluding hydrogens is 226 g/mol. The zero-order valence-electron chi connectivity index (χ0n) is 10.1. The fourth-order valence-corrected chi connectivity index (χ4v) is 1.71. The van der Waals surface area contributed by atoms with Crippen molar-refractivity contribution < 1.29 is 9.47 Å². The molecule has 0 heterocycles. The summed E-state index contributed by atoms with van der Waals surface area (Å²) < 4.78 is 10.4. The van der Waals surface area contributed by atoms with Crippen molar-refractivity contribution in [2.45, 2.75) is 26.4 Å². The highest BCUT2D eigenvalue weighted by molar-refractivity contribution is 6.32. The Balaban J connectivity index is 2.92. The SMILES string of the molecule is COc1cc(CNC(C)C)cc(Cl)c1OC. The lowest BCUT2D eigenvalue weighted by Gasteiger charge is -2.13. The lowest BCUT2D eigenvalue weighted by Crippen LogP contribution is -2.21. The molecule has 0 fully saturated rings. The first-order valence-corrected chi connectivity index (χ1v) is 5.60. The molecule has 1 N–H and O–H groups in total. The van der Waals surface area contributed by atoms with Gasteiger partial charge in [0.25, 0.3) is 0 Å². The zero-order valence-corrected chi connectivity index (χ0v) is 10.9. The summed E-state index contributed by atoms with van der Waals surface area (Å²) in [6.07, 6.45) is 0. The molecular formula is C12H18ClNO2. The van der Waals surface area contributed by atoms with E-state index in [-0.39, 0.29) is 0 Å². The minimum Gasteiger partial charge on any atom is -0.493 e. The van der Waals surface area contributed by atoms with Crippen LogP contribution < -0.4 is 14.8 Å². The van der Waals surface area contributed by atoms with E-state index in [0.29, 0.717) is 22.6 Å². The van der Waals surface area contributed by atoms with E-state index in [9.17, 15) is 0 Å². The molecule has 0 aromatic heterocycles. The molecule has 90 valence electrons. The van der Waals surface area contributed by atoms with E-state index in [1.54, 1.807) is 14.2 Å². The van der Waals surface area contributed by atoms with Crippen molar-refractivity contribution in [2.75, 3.05) is 14.2 Å². The van der Waals surface area contributed by atoms with Gasteiger partial charge in [0.2, 0.25) is 0 Å². The lowest BCUT2D eigenvalue weighted by atomic mass is 10.2. The number of ether oxygens (including phenoxy) is 2. The normalized spacial score (nSPS) is 10.6. The first kappa shape index (κ1) is 13.1. The number of methoxy groups -OCH3 is 2. The molecule has 0 radical (unpaired) electrons. The van der Waals surface area contributed by atoms with Gasteiger partial charge in [-0.05, 0) is 17.7 Å². The first-order valence-electron chi connectivity index (χ1n) is 5.22. The van der Waals surface area contributed by atoms with Gasteiger partial charge in [0, 0.05) is 12.6 Å². The summed E-state index contributed by atoms with van der Waals surface area (Å²) in [5.74, 6) is 1.24. The maximum absolute atomic E-state index is 6.10. The number of rotatable bonds is 5. The van der Waals surface area contributed by atoms with Crippen LogP contribution in [0.1, 0.15) is 19.4 Å². The van der Waals surface area contributed by atoms with Crippen LogP contribution in [0, 0.1) is 0 Å². The van der Waals surface area contributed by atoms with E-state index in [2.05, 4.69) is 19.2 Å². The van der Waals surface area contributed by atoms with Gasteiger partial charge >= 0.3 is 0 Å². The Morgan fingerprint density at radius 1 is 1.25 bits per heavy atom. The average Bonchev–Trinajstić information content (AvgIpc) is 2.25. The van der Waals surface area contributed by atoms with E-state index in [4.69, 9.17) is 21.1 Å². The molecule has 1 aromatic carbocycles. The standard InChI is InChI=1S/C12H18ClNO2/c1-8(2)14-7-9-5-10(13)12(16-4)11(6-9)15-3/h5-6,8,14H,7H2,1-4H3. The average molecular weight is 244 g/mol. The maximum Gasteiger partial charge on any atom is 0.179 e. The van der Waals surface area contributed by atoms with Gasteiger partial charge in [0.15, 0.2) is 11.5 Å². The van der Waals surface area contributed by atoms with Gasteiger partial charge in [-0.25, -0.2) is 0 Å². The predicted molar refractivity (Wildman–Crippen MR) is 66.5 cm³/mol. The van der Waals surface area contributed by atoms with Gasteiger partial charge in [-0.15, -0.1) is 0 Å². The summed E-state index contributed by atoms with van der Waals surface area (Å²) in [5.41, 5.74) is 1.08. The molecule has 0 spiro atoms. The Kier molecular flexibility index (Phi) is 4.90. The highest BCUT2D eigenvalue weighted by atomic mass is 35.5. The van der Waals surface area contributed by atoms with Gasteiger partial charge in [-0.1, -0.05) is 25.4 Å². The minimum absolute atomic E-state index is 0.437. The molecule has 4 heteroatoms. The Hall–Kier alpha value is -0.930. The molecule has 0 amide bonds. The van der Waals surface area contributed by atoms with Crippen LogP contribution >= 0.6 is 11.6 Å². The van der Waals surface area contributed by atoms with Crippen LogP contribution in [0.4, 0.5) is 0 Å². The molecule has 0 unspecified atom stereocenters. The summed E-state index contributed by atoms with van der Waals surface area (Å²) in [5, 5.41) is 3.89. The van der Waals surface area contributed by atoms with Crippen LogP contribution in [0.5, 0.6) is 11.5 Å². The molecule has 0 saturated carbocycles. The van der Waals surface area contributed by atoms with E-state index >= 15 is 0 Å². The van der Waals surface area contributed by atoms with Gasteiger partial charge in [0.1, 0.15) is 0 Å². The fourth-order valence-electron chi connectivity index (χ4n) is 1.40. The summed E-state index contributed by atoms with van der Waals surface area (Å²) in [6, 6.07) is 4.25. The largest absolute Gasteiger partial charge is 0.493 e. The molecule has 0 aliphatic rings. The van der Waals surface area contributed by atoms with Crippen molar-refractivity contribution in [3.63, 3.8) is 0 Å². The van der Waals surface area contributed by atoms with Crippen LogP contribution in [-0.4, -0.2) is 20.3 Å². The van der Waals surface area contributed by atoms with Crippen molar-refractivity contribution >= 4 is 11.6 Å². The lowest BCUT2D eigenvalue weighted by molar-refractivity contribution is 0.354. The van der Waals surface area contributed by atoms with Crippen LogP contribution in [0.2, 0.25) is 5.02 Å². The van der Waals surface area contributed by atoms with Crippen molar-refractivity contribution in [1.29, 1.82) is 0 Å². The molecule has 16 heavy (non-hydrogen) atoms. The second-order valence-electron chi connectivity index (χ2n) is 3.85. The fraction of sp³-hybridized carbons (Fsp3) is 0.500.